The molecule has 1 saturated heterocycles. The largest absolute Gasteiger partial charge is 0.394 e. The summed E-state index contributed by atoms with van der Waals surface area (Å²) in [5, 5.41) is 9.04. The maximum atomic E-state index is 9.04. The molecule has 1 N–H and O–H groups in total. The van der Waals surface area contributed by atoms with Crippen LogP contribution in [0.2, 0.25) is 0 Å². The van der Waals surface area contributed by atoms with Gasteiger partial charge in [-0.05, 0) is 19.9 Å². The highest BCUT2D eigenvalue weighted by atomic mass is 16.5. The topological polar surface area (TPSA) is 32.7 Å². The standard InChI is InChI=1S/C11H21NO2/c1-12-7-10(8-13)14-9-11(12)5-3-2-4-6-11/h10,13H,2-9H2,1H3. The van der Waals surface area contributed by atoms with Gasteiger partial charge in [0, 0.05) is 12.1 Å². The van der Waals surface area contributed by atoms with E-state index in [4.69, 9.17) is 9.84 Å². The Hall–Kier alpha value is -0.120. The summed E-state index contributed by atoms with van der Waals surface area (Å²) in [5.74, 6) is 0. The van der Waals surface area contributed by atoms with Crippen LogP contribution >= 0.6 is 0 Å². The van der Waals surface area contributed by atoms with E-state index in [1.165, 1.54) is 32.1 Å². The van der Waals surface area contributed by atoms with Gasteiger partial charge in [-0.3, -0.25) is 4.90 Å². The van der Waals surface area contributed by atoms with Crippen molar-refractivity contribution in [3.8, 4) is 0 Å². The minimum atomic E-state index is 0.0348. The summed E-state index contributed by atoms with van der Waals surface area (Å²) in [7, 11) is 2.18. The molecule has 1 unspecified atom stereocenters. The molecule has 1 atom stereocenters. The van der Waals surface area contributed by atoms with Gasteiger partial charge in [0.05, 0.1) is 19.3 Å². The predicted molar refractivity (Wildman–Crippen MR) is 55.3 cm³/mol. The second-order valence-electron chi connectivity index (χ2n) is 4.78. The van der Waals surface area contributed by atoms with Crippen LogP contribution in [0.15, 0.2) is 0 Å². The molecule has 2 aliphatic rings. The molecule has 2 fully saturated rings. The van der Waals surface area contributed by atoms with Crippen LogP contribution in [0.25, 0.3) is 0 Å². The van der Waals surface area contributed by atoms with Gasteiger partial charge in [0.1, 0.15) is 0 Å². The first-order valence-corrected chi connectivity index (χ1v) is 5.70. The summed E-state index contributed by atoms with van der Waals surface area (Å²) < 4.78 is 5.70. The van der Waals surface area contributed by atoms with Gasteiger partial charge in [-0.25, -0.2) is 0 Å². The van der Waals surface area contributed by atoms with E-state index in [0.29, 0.717) is 5.54 Å². The Morgan fingerprint density at radius 1 is 1.36 bits per heavy atom. The van der Waals surface area contributed by atoms with Crippen molar-refractivity contribution < 1.29 is 9.84 Å². The zero-order chi connectivity index (χ0) is 10.0. The number of aliphatic hydroxyl groups excluding tert-OH is 1. The van der Waals surface area contributed by atoms with Crippen LogP contribution in [0.3, 0.4) is 0 Å². The van der Waals surface area contributed by atoms with Crippen molar-refractivity contribution in [1.29, 1.82) is 0 Å². The Labute approximate surface area is 86.0 Å². The normalized spacial score (nSPS) is 33.4. The maximum Gasteiger partial charge on any atom is 0.0933 e. The van der Waals surface area contributed by atoms with E-state index in [0.717, 1.165) is 13.2 Å². The highest BCUT2D eigenvalue weighted by Gasteiger charge is 2.40. The Balaban J connectivity index is 1.99. The molecule has 0 aromatic carbocycles. The van der Waals surface area contributed by atoms with Crippen molar-refractivity contribution in [2.24, 2.45) is 0 Å². The summed E-state index contributed by atoms with van der Waals surface area (Å²) in [6.07, 6.45) is 6.60. The third-order valence-corrected chi connectivity index (χ3v) is 3.86. The van der Waals surface area contributed by atoms with Crippen molar-refractivity contribution in [2.45, 2.75) is 43.7 Å². The lowest BCUT2D eigenvalue weighted by Crippen LogP contribution is -2.59. The molecule has 0 amide bonds. The number of aliphatic hydroxyl groups is 1. The number of morpholine rings is 1. The molecule has 1 aliphatic carbocycles. The van der Waals surface area contributed by atoms with Gasteiger partial charge >= 0.3 is 0 Å². The van der Waals surface area contributed by atoms with Crippen LogP contribution in [0.1, 0.15) is 32.1 Å². The van der Waals surface area contributed by atoms with Crippen LogP contribution in [-0.4, -0.2) is 48.5 Å². The molecule has 0 bridgehead atoms. The molecule has 1 heterocycles. The average Bonchev–Trinajstić information content (AvgIpc) is 2.24. The zero-order valence-electron chi connectivity index (χ0n) is 9.04. The molecule has 2 rings (SSSR count). The van der Waals surface area contributed by atoms with Gasteiger partial charge in [0.2, 0.25) is 0 Å². The second kappa shape index (κ2) is 4.17. The minimum absolute atomic E-state index is 0.0348. The van der Waals surface area contributed by atoms with Crippen LogP contribution in [0.4, 0.5) is 0 Å². The number of nitrogens with zero attached hydrogens (tertiary/aromatic N) is 1. The lowest BCUT2D eigenvalue weighted by atomic mass is 9.80. The molecule has 0 radical (unpaired) electrons. The van der Waals surface area contributed by atoms with Crippen molar-refractivity contribution in [3.05, 3.63) is 0 Å². The quantitative estimate of drug-likeness (QED) is 0.684. The fourth-order valence-electron chi connectivity index (χ4n) is 2.78. The van der Waals surface area contributed by atoms with Gasteiger partial charge in [-0.1, -0.05) is 19.3 Å². The van der Waals surface area contributed by atoms with Gasteiger partial charge in [-0.2, -0.15) is 0 Å². The molecule has 1 saturated carbocycles. The molecule has 82 valence electrons. The van der Waals surface area contributed by atoms with Gasteiger partial charge in [0.15, 0.2) is 0 Å². The highest BCUT2D eigenvalue weighted by Crippen LogP contribution is 2.35. The number of likely N-dealkylation sites (N-methyl/N-ethyl adjacent to an activating group) is 1. The van der Waals surface area contributed by atoms with E-state index in [2.05, 4.69) is 11.9 Å². The molecular formula is C11H21NO2. The van der Waals surface area contributed by atoms with E-state index in [1.807, 2.05) is 0 Å². The summed E-state index contributed by atoms with van der Waals surface area (Å²) in [6, 6.07) is 0. The van der Waals surface area contributed by atoms with Crippen LogP contribution in [-0.2, 0) is 4.74 Å². The Bertz CT molecular complexity index is 190. The molecule has 1 spiro atoms. The van der Waals surface area contributed by atoms with E-state index < -0.39 is 0 Å². The van der Waals surface area contributed by atoms with E-state index in [-0.39, 0.29) is 12.7 Å². The molecule has 3 nitrogen and oxygen atoms in total. The minimum Gasteiger partial charge on any atom is -0.394 e. The fourth-order valence-corrected chi connectivity index (χ4v) is 2.78. The number of rotatable bonds is 1. The predicted octanol–water partition coefficient (Wildman–Crippen LogP) is 1.01. The first-order chi connectivity index (χ1) is 6.77. The van der Waals surface area contributed by atoms with Crippen molar-refractivity contribution in [2.75, 3.05) is 26.8 Å². The van der Waals surface area contributed by atoms with Crippen molar-refractivity contribution in [3.63, 3.8) is 0 Å². The van der Waals surface area contributed by atoms with Gasteiger partial charge in [-0.15, -0.1) is 0 Å². The summed E-state index contributed by atoms with van der Waals surface area (Å²) >= 11 is 0. The Kier molecular flexibility index (Phi) is 3.10. The fraction of sp³-hybridized carbons (Fsp3) is 1.00. The number of hydrogen-bond donors (Lipinski definition) is 1. The van der Waals surface area contributed by atoms with Crippen molar-refractivity contribution in [1.82, 2.24) is 4.90 Å². The number of hydrogen-bond acceptors (Lipinski definition) is 3. The second-order valence-corrected chi connectivity index (χ2v) is 4.78. The van der Waals surface area contributed by atoms with Crippen molar-refractivity contribution >= 4 is 0 Å². The monoisotopic (exact) mass is 199 g/mol. The molecule has 1 aliphatic heterocycles. The summed E-state index contributed by atoms with van der Waals surface area (Å²) in [6.45, 7) is 1.85. The van der Waals surface area contributed by atoms with E-state index >= 15 is 0 Å². The number of ether oxygens (including phenoxy) is 1. The highest BCUT2D eigenvalue weighted by molar-refractivity contribution is 4.95. The first kappa shape index (κ1) is 10.4. The molecule has 0 aromatic heterocycles. The maximum absolute atomic E-state index is 9.04. The molecule has 14 heavy (non-hydrogen) atoms. The Morgan fingerprint density at radius 3 is 2.64 bits per heavy atom. The SMILES string of the molecule is CN1CC(CO)OCC12CCCCC2. The smallest absolute Gasteiger partial charge is 0.0933 e. The Morgan fingerprint density at radius 2 is 2.07 bits per heavy atom. The lowest BCUT2D eigenvalue weighted by Gasteiger charge is -2.49. The van der Waals surface area contributed by atoms with Gasteiger partial charge < -0.3 is 9.84 Å². The lowest BCUT2D eigenvalue weighted by molar-refractivity contribution is -0.127. The molecule has 0 aromatic rings. The van der Waals surface area contributed by atoms with Crippen LogP contribution in [0, 0.1) is 0 Å². The van der Waals surface area contributed by atoms with Crippen LogP contribution in [0.5, 0.6) is 0 Å². The molecular weight excluding hydrogens is 178 g/mol. The van der Waals surface area contributed by atoms with E-state index in [1.54, 1.807) is 0 Å². The molecule has 3 heteroatoms. The first-order valence-electron chi connectivity index (χ1n) is 5.70. The third kappa shape index (κ3) is 1.81. The van der Waals surface area contributed by atoms with Crippen LogP contribution < -0.4 is 0 Å². The average molecular weight is 199 g/mol. The van der Waals surface area contributed by atoms with Gasteiger partial charge in [0.25, 0.3) is 0 Å². The summed E-state index contributed by atoms with van der Waals surface area (Å²) in [4.78, 5) is 2.41. The van der Waals surface area contributed by atoms with E-state index in [9.17, 15) is 0 Å². The summed E-state index contributed by atoms with van der Waals surface area (Å²) in [5.41, 5.74) is 0.296. The zero-order valence-corrected chi connectivity index (χ0v) is 9.04. The third-order valence-electron chi connectivity index (χ3n) is 3.86.